The number of rotatable bonds is 6. The Kier molecular flexibility index (Phi) is 4.72. The van der Waals surface area contributed by atoms with Crippen LogP contribution in [0.4, 0.5) is 0 Å². The topological polar surface area (TPSA) is 103 Å². The highest BCUT2D eigenvalue weighted by atomic mass is 16.4. The monoisotopic (exact) mass is 339 g/mol. The maximum absolute atomic E-state index is 11.1. The van der Waals surface area contributed by atoms with Gasteiger partial charge in [0.25, 0.3) is 0 Å². The molecule has 0 saturated carbocycles. The first kappa shape index (κ1) is 16.6. The second-order valence-corrected chi connectivity index (χ2v) is 5.57. The summed E-state index contributed by atoms with van der Waals surface area (Å²) in [6.45, 7) is 1.13. The summed E-state index contributed by atoms with van der Waals surface area (Å²) < 4.78 is 5.72. The van der Waals surface area contributed by atoms with E-state index in [2.05, 4.69) is 5.32 Å². The normalized spacial score (nSPS) is 10.7. The molecule has 0 unspecified atom stereocenters. The largest absolute Gasteiger partial charge is 0.508 e. The van der Waals surface area contributed by atoms with Crippen LogP contribution in [-0.2, 0) is 13.1 Å². The molecule has 3 aromatic rings. The minimum absolute atomic E-state index is 0.166. The van der Waals surface area contributed by atoms with Crippen LogP contribution < -0.4 is 5.32 Å². The van der Waals surface area contributed by atoms with Gasteiger partial charge in [0, 0.05) is 12.1 Å². The van der Waals surface area contributed by atoms with E-state index in [1.807, 2.05) is 18.2 Å². The molecule has 0 bridgehead atoms. The fourth-order valence-corrected chi connectivity index (χ4v) is 2.43. The van der Waals surface area contributed by atoms with E-state index in [1.165, 1.54) is 12.1 Å². The lowest BCUT2D eigenvalue weighted by molar-refractivity contribution is 0.0694. The third-order valence-electron chi connectivity index (χ3n) is 3.74. The van der Waals surface area contributed by atoms with Crippen LogP contribution in [-0.4, -0.2) is 21.3 Å². The maximum Gasteiger partial charge on any atom is 0.339 e. The number of phenolic OH excluding ortho intramolecular Hbond substituents is 1. The van der Waals surface area contributed by atoms with Gasteiger partial charge in [0.05, 0.1) is 6.54 Å². The van der Waals surface area contributed by atoms with Crippen molar-refractivity contribution in [3.63, 3.8) is 0 Å². The van der Waals surface area contributed by atoms with E-state index in [9.17, 15) is 15.0 Å². The molecule has 1 aromatic heterocycles. The Morgan fingerprint density at radius 1 is 0.960 bits per heavy atom. The quantitative estimate of drug-likeness (QED) is 0.549. The van der Waals surface area contributed by atoms with Gasteiger partial charge in [0.1, 0.15) is 28.6 Å². The number of aromatic hydroxyl groups is 2. The number of hydrogen-bond donors (Lipinski definition) is 4. The molecule has 0 saturated heterocycles. The Balaban J connectivity index is 1.65. The first-order chi connectivity index (χ1) is 12.0. The van der Waals surface area contributed by atoms with Crippen LogP contribution in [0, 0.1) is 0 Å². The Bertz CT molecular complexity index is 883. The third kappa shape index (κ3) is 3.99. The molecule has 0 aliphatic carbocycles. The molecule has 128 valence electrons. The molecular formula is C19H17NO5. The van der Waals surface area contributed by atoms with E-state index in [0.29, 0.717) is 30.2 Å². The van der Waals surface area contributed by atoms with Crippen molar-refractivity contribution >= 4 is 5.97 Å². The van der Waals surface area contributed by atoms with Crippen molar-refractivity contribution in [1.29, 1.82) is 0 Å². The average Bonchev–Trinajstić information content (AvgIpc) is 3.06. The van der Waals surface area contributed by atoms with Crippen molar-refractivity contribution < 1.29 is 24.5 Å². The van der Waals surface area contributed by atoms with Crippen LogP contribution in [0.2, 0.25) is 0 Å². The molecule has 4 N–H and O–H groups in total. The fraction of sp³-hybridized carbons (Fsp3) is 0.105. The van der Waals surface area contributed by atoms with E-state index in [4.69, 9.17) is 9.52 Å². The number of phenols is 2. The number of carboxylic acid groups (broad SMARTS) is 1. The van der Waals surface area contributed by atoms with Crippen molar-refractivity contribution in [2.45, 2.75) is 13.1 Å². The van der Waals surface area contributed by atoms with Gasteiger partial charge in [-0.1, -0.05) is 12.1 Å². The molecule has 0 aliphatic rings. The van der Waals surface area contributed by atoms with Crippen LogP contribution in [0.15, 0.2) is 59.0 Å². The van der Waals surface area contributed by atoms with Gasteiger partial charge < -0.3 is 25.1 Å². The number of benzene rings is 2. The number of nitrogens with one attached hydrogen (secondary N) is 1. The van der Waals surface area contributed by atoms with Gasteiger partial charge in [-0.05, 0) is 48.0 Å². The van der Waals surface area contributed by atoms with Crippen molar-refractivity contribution in [3.05, 3.63) is 71.5 Å². The minimum Gasteiger partial charge on any atom is -0.508 e. The molecule has 6 nitrogen and oxygen atoms in total. The van der Waals surface area contributed by atoms with E-state index < -0.39 is 5.97 Å². The van der Waals surface area contributed by atoms with Crippen LogP contribution in [0.25, 0.3) is 11.3 Å². The second-order valence-electron chi connectivity index (χ2n) is 5.57. The van der Waals surface area contributed by atoms with Crippen LogP contribution in [0.1, 0.15) is 21.7 Å². The highest BCUT2D eigenvalue weighted by Crippen LogP contribution is 2.27. The van der Waals surface area contributed by atoms with Crippen molar-refractivity contribution in [3.8, 4) is 22.8 Å². The summed E-state index contributed by atoms with van der Waals surface area (Å²) in [5, 5.41) is 31.1. The first-order valence-electron chi connectivity index (χ1n) is 7.67. The van der Waals surface area contributed by atoms with Crippen molar-refractivity contribution in [2.24, 2.45) is 0 Å². The summed E-state index contributed by atoms with van der Waals surface area (Å²) >= 11 is 0. The van der Waals surface area contributed by atoms with E-state index >= 15 is 0 Å². The van der Waals surface area contributed by atoms with Gasteiger partial charge in [-0.25, -0.2) is 4.79 Å². The molecule has 1 heterocycles. The maximum atomic E-state index is 11.1. The summed E-state index contributed by atoms with van der Waals surface area (Å²) in [4.78, 5) is 11.1. The number of carbonyl (C=O) groups is 1. The molecule has 0 spiro atoms. The van der Waals surface area contributed by atoms with Crippen molar-refractivity contribution in [1.82, 2.24) is 5.32 Å². The number of carboxylic acids is 1. The van der Waals surface area contributed by atoms with E-state index in [-0.39, 0.29) is 17.1 Å². The first-order valence-corrected chi connectivity index (χ1v) is 7.67. The minimum atomic E-state index is -1.19. The fourth-order valence-electron chi connectivity index (χ4n) is 2.43. The average molecular weight is 339 g/mol. The lowest BCUT2D eigenvalue weighted by atomic mass is 10.1. The zero-order valence-corrected chi connectivity index (χ0v) is 13.3. The third-order valence-corrected chi connectivity index (χ3v) is 3.74. The summed E-state index contributed by atoms with van der Waals surface area (Å²) in [6, 6.07) is 14.8. The Morgan fingerprint density at radius 3 is 2.44 bits per heavy atom. The van der Waals surface area contributed by atoms with Crippen LogP contribution in [0.5, 0.6) is 11.5 Å². The molecule has 0 aliphatic heterocycles. The highest BCUT2D eigenvalue weighted by Gasteiger charge is 2.13. The van der Waals surface area contributed by atoms with Crippen molar-refractivity contribution in [2.75, 3.05) is 0 Å². The van der Waals surface area contributed by atoms with Gasteiger partial charge in [-0.15, -0.1) is 0 Å². The Morgan fingerprint density at radius 2 is 1.72 bits per heavy atom. The number of aromatic carboxylic acids is 1. The Hall–Kier alpha value is -3.25. The van der Waals surface area contributed by atoms with Gasteiger partial charge in [0.2, 0.25) is 0 Å². The smallest absolute Gasteiger partial charge is 0.339 e. The van der Waals surface area contributed by atoms with Gasteiger partial charge in [-0.2, -0.15) is 0 Å². The molecule has 0 atom stereocenters. The van der Waals surface area contributed by atoms with E-state index in [1.54, 1.807) is 24.3 Å². The molecule has 6 heteroatoms. The standard InChI is InChI=1S/C19H17NO5/c21-14-4-1-12(2-5-14)10-20-11-15-6-8-18(25-15)13-3-7-17(22)16(9-13)19(23)24/h1-9,20-22H,10-11H2,(H,23,24). The molecule has 0 fully saturated rings. The zero-order chi connectivity index (χ0) is 17.8. The van der Waals surface area contributed by atoms with Gasteiger partial charge >= 0.3 is 5.97 Å². The molecule has 0 amide bonds. The lowest BCUT2D eigenvalue weighted by Crippen LogP contribution is -2.11. The Labute approximate surface area is 144 Å². The number of furan rings is 1. The van der Waals surface area contributed by atoms with Gasteiger partial charge in [0.15, 0.2) is 0 Å². The molecule has 2 aromatic carbocycles. The zero-order valence-electron chi connectivity index (χ0n) is 13.3. The predicted molar refractivity (Wildman–Crippen MR) is 91.4 cm³/mol. The van der Waals surface area contributed by atoms with Gasteiger partial charge in [-0.3, -0.25) is 0 Å². The summed E-state index contributed by atoms with van der Waals surface area (Å²) in [6.07, 6.45) is 0. The SMILES string of the molecule is O=C(O)c1cc(-c2ccc(CNCc3ccc(O)cc3)o2)ccc1O. The summed E-state index contributed by atoms with van der Waals surface area (Å²) in [5.74, 6) is -0.00277. The number of hydrogen-bond acceptors (Lipinski definition) is 5. The molecular weight excluding hydrogens is 322 g/mol. The molecule has 25 heavy (non-hydrogen) atoms. The second kappa shape index (κ2) is 7.11. The predicted octanol–water partition coefficient (Wildman–Crippen LogP) is 3.35. The summed E-state index contributed by atoms with van der Waals surface area (Å²) in [7, 11) is 0. The van der Waals surface area contributed by atoms with Crippen LogP contribution >= 0.6 is 0 Å². The summed E-state index contributed by atoms with van der Waals surface area (Å²) in [5.41, 5.74) is 1.45. The van der Waals surface area contributed by atoms with Crippen LogP contribution in [0.3, 0.4) is 0 Å². The highest BCUT2D eigenvalue weighted by molar-refractivity contribution is 5.92. The molecule has 3 rings (SSSR count). The lowest BCUT2D eigenvalue weighted by Gasteiger charge is -2.04. The van der Waals surface area contributed by atoms with E-state index in [0.717, 1.165) is 5.56 Å². The molecule has 0 radical (unpaired) electrons.